The summed E-state index contributed by atoms with van der Waals surface area (Å²) in [5, 5.41) is 2.27. The SMILES string of the molecule is [2H]C([2H])([2H])c1cccc2c1[N@@+]1(c3c(-c4ccccc4)cccc3-c3ccccc3)[CH-][N@+]2(c2cc(Oc3ccc4c5ccccc5n(-c5cc(C(C)(C)C)ccn5)c4c3)cc(C(C)(C)C)c2)C1. The minimum absolute atomic E-state index is 0.0431. The van der Waals surface area contributed by atoms with Gasteiger partial charge >= 0.3 is 0 Å². The van der Waals surface area contributed by atoms with Crippen LogP contribution in [0.2, 0.25) is 0 Å². The molecular formula is C58H53N4O+. The Hall–Kier alpha value is -6.79. The standard InChI is InChI=1S/C58H53N4O/c1-39-18-16-27-53-55(39)62(56-47(40-19-10-8-11-20-40)24-17-25-48(56)41-21-12-9-13-22-41)37-61(53,38-62)44-32-43(58(5,6)7)33-46(35-44)63-45-28-29-50-49-23-14-15-26-51(49)60(52(50)36-45)54-34-42(30-31-59-54)57(2,3)4/h8-37H,38H2,1-7H3/q+1/t61-,62-/m1/s1/i1D3. The number of benzene rings is 7. The number of hydrogen-bond donors (Lipinski definition) is 0. The van der Waals surface area contributed by atoms with E-state index < -0.39 is 6.85 Å². The van der Waals surface area contributed by atoms with Gasteiger partial charge in [-0.25, -0.2) is 4.98 Å². The average molecular weight is 825 g/mol. The topological polar surface area (TPSA) is 27.1 Å². The van der Waals surface area contributed by atoms with Crippen LogP contribution in [-0.2, 0) is 10.8 Å². The lowest BCUT2D eigenvalue weighted by molar-refractivity contribution is 0.187. The van der Waals surface area contributed by atoms with Gasteiger partial charge in [-0.3, -0.25) is 13.5 Å². The van der Waals surface area contributed by atoms with E-state index in [1.165, 1.54) is 5.56 Å². The number of aromatic nitrogens is 2. The van der Waals surface area contributed by atoms with Crippen LogP contribution >= 0.6 is 0 Å². The minimum Gasteiger partial charge on any atom is -0.457 e. The lowest BCUT2D eigenvalue weighted by Crippen LogP contribution is -2.67. The Kier molecular flexibility index (Phi) is 8.01. The van der Waals surface area contributed by atoms with Crippen LogP contribution < -0.4 is 13.7 Å². The fourth-order valence-electron chi connectivity index (χ4n) is 10.1. The molecule has 3 aliphatic rings. The number of aryl methyl sites for hydroxylation is 1. The van der Waals surface area contributed by atoms with Crippen molar-refractivity contribution >= 4 is 44.6 Å². The summed E-state index contributed by atoms with van der Waals surface area (Å²) in [5.41, 5.74) is 12.7. The van der Waals surface area contributed by atoms with Crippen LogP contribution in [0.25, 0.3) is 49.9 Å². The van der Waals surface area contributed by atoms with Gasteiger partial charge in [0.25, 0.3) is 0 Å². The summed E-state index contributed by atoms with van der Waals surface area (Å²) < 4.78 is 36.8. The predicted octanol–water partition coefficient (Wildman–Crippen LogP) is 15.6. The van der Waals surface area contributed by atoms with Crippen molar-refractivity contribution in [2.75, 3.05) is 6.67 Å². The highest BCUT2D eigenvalue weighted by Gasteiger charge is 2.64. The summed E-state index contributed by atoms with van der Waals surface area (Å²) in [4.78, 5) is 4.91. The predicted molar refractivity (Wildman–Crippen MR) is 263 cm³/mol. The number of rotatable bonds is 7. The van der Waals surface area contributed by atoms with Gasteiger partial charge in [-0.2, -0.15) is 0 Å². The zero-order valence-corrected chi connectivity index (χ0v) is 36.7. The molecule has 7 aromatic carbocycles. The molecular weight excluding hydrogens is 769 g/mol. The average Bonchev–Trinajstić information content (AvgIpc) is 3.89. The Morgan fingerprint density at radius 1 is 0.571 bits per heavy atom. The van der Waals surface area contributed by atoms with E-state index in [4.69, 9.17) is 13.8 Å². The van der Waals surface area contributed by atoms with Crippen molar-refractivity contribution < 1.29 is 8.85 Å². The molecule has 9 aromatic rings. The van der Waals surface area contributed by atoms with Crippen molar-refractivity contribution in [3.8, 4) is 39.6 Å². The van der Waals surface area contributed by atoms with Gasteiger partial charge in [-0.05, 0) is 88.5 Å². The fourth-order valence-corrected chi connectivity index (χ4v) is 10.1. The van der Waals surface area contributed by atoms with Crippen LogP contribution in [0.3, 0.4) is 0 Å². The molecule has 2 bridgehead atoms. The maximum absolute atomic E-state index is 8.96. The van der Waals surface area contributed by atoms with Gasteiger partial charge in [0.1, 0.15) is 28.7 Å². The van der Waals surface area contributed by atoms with Crippen LogP contribution in [0.15, 0.2) is 176 Å². The summed E-state index contributed by atoms with van der Waals surface area (Å²) in [6.45, 7) is 13.9. The highest BCUT2D eigenvalue weighted by molar-refractivity contribution is 6.09. The summed E-state index contributed by atoms with van der Waals surface area (Å²) in [5.74, 6) is 2.29. The van der Waals surface area contributed by atoms with Crippen LogP contribution in [-0.4, -0.2) is 16.2 Å². The van der Waals surface area contributed by atoms with E-state index >= 15 is 0 Å². The lowest BCUT2D eigenvalue weighted by atomic mass is 9.86. The zero-order valence-electron chi connectivity index (χ0n) is 39.7. The van der Waals surface area contributed by atoms with Gasteiger partial charge in [0, 0.05) is 62.0 Å². The van der Waals surface area contributed by atoms with Gasteiger partial charge in [0.05, 0.1) is 17.7 Å². The van der Waals surface area contributed by atoms with E-state index in [0.717, 1.165) is 78.2 Å². The Morgan fingerprint density at radius 2 is 1.22 bits per heavy atom. The molecule has 0 unspecified atom stereocenters. The second-order valence-electron chi connectivity index (χ2n) is 19.4. The van der Waals surface area contributed by atoms with Crippen molar-refractivity contribution in [1.29, 1.82) is 0 Å². The summed E-state index contributed by atoms with van der Waals surface area (Å²) in [6, 6.07) is 59.0. The first-order chi connectivity index (χ1) is 31.5. The molecule has 0 amide bonds. The molecule has 0 spiro atoms. The lowest BCUT2D eigenvalue weighted by Gasteiger charge is -2.57. The number of fused-ring (bicyclic) bond motifs is 3. The third-order valence-corrected chi connectivity index (χ3v) is 13.2. The van der Waals surface area contributed by atoms with Crippen molar-refractivity contribution in [3.63, 3.8) is 0 Å². The van der Waals surface area contributed by atoms with E-state index in [-0.39, 0.29) is 15.3 Å². The van der Waals surface area contributed by atoms with Crippen LogP contribution in [0.5, 0.6) is 11.5 Å². The molecule has 5 nitrogen and oxygen atoms in total. The smallest absolute Gasteiger partial charge is 0.186 e. The largest absolute Gasteiger partial charge is 0.457 e. The maximum atomic E-state index is 8.96. The zero-order chi connectivity index (χ0) is 45.8. The van der Waals surface area contributed by atoms with Crippen LogP contribution in [0.4, 0.5) is 22.7 Å². The second kappa shape index (κ2) is 14.1. The Balaban J connectivity index is 1.09. The molecule has 63 heavy (non-hydrogen) atoms. The van der Waals surface area contributed by atoms with Gasteiger partial charge in [0.2, 0.25) is 0 Å². The molecule has 0 aliphatic carbocycles. The van der Waals surface area contributed by atoms with Crippen molar-refractivity contribution in [1.82, 2.24) is 18.5 Å². The van der Waals surface area contributed by atoms with E-state index in [0.29, 0.717) is 28.2 Å². The van der Waals surface area contributed by atoms with Crippen molar-refractivity contribution in [2.24, 2.45) is 0 Å². The summed E-state index contributed by atoms with van der Waals surface area (Å²) in [7, 11) is 0. The molecule has 2 atom stereocenters. The minimum atomic E-state index is -2.35. The van der Waals surface area contributed by atoms with Gasteiger partial charge in [0.15, 0.2) is 18.0 Å². The Bertz CT molecular complexity index is 3300. The third kappa shape index (κ3) is 6.17. The Morgan fingerprint density at radius 3 is 1.90 bits per heavy atom. The normalized spacial score (nSPS) is 19.0. The Labute approximate surface area is 375 Å². The van der Waals surface area contributed by atoms with Crippen molar-refractivity contribution in [3.05, 3.63) is 199 Å². The van der Waals surface area contributed by atoms with E-state index in [9.17, 15) is 0 Å². The monoisotopic (exact) mass is 824 g/mol. The van der Waals surface area contributed by atoms with Gasteiger partial charge in [-0.15, -0.1) is 0 Å². The first kappa shape index (κ1) is 35.8. The van der Waals surface area contributed by atoms with Gasteiger partial charge in [-0.1, -0.05) is 139 Å². The molecule has 310 valence electrons. The molecule has 5 heteroatoms. The fraction of sp³-hybridized carbons (Fsp3) is 0.172. The maximum Gasteiger partial charge on any atom is 0.186 e. The van der Waals surface area contributed by atoms with Crippen LogP contribution in [0, 0.1) is 13.5 Å². The third-order valence-electron chi connectivity index (χ3n) is 13.2. The van der Waals surface area contributed by atoms with E-state index in [2.05, 4.69) is 198 Å². The highest BCUT2D eigenvalue weighted by atomic mass is 16.5. The number of para-hydroxylation sites is 3. The number of pyridine rings is 1. The molecule has 0 saturated carbocycles. The summed E-state index contributed by atoms with van der Waals surface area (Å²) >= 11 is 0. The molecule has 12 rings (SSSR count). The number of ether oxygens (including phenoxy) is 1. The number of nitrogens with zero attached hydrogens (tertiary/aromatic N) is 4. The number of quaternary nitrogens is 2. The summed E-state index contributed by atoms with van der Waals surface area (Å²) in [6.07, 6.45) is 1.91. The highest BCUT2D eigenvalue weighted by Crippen LogP contribution is 2.68. The van der Waals surface area contributed by atoms with Crippen LogP contribution in [0.1, 0.15) is 62.3 Å². The molecule has 1 fully saturated rings. The van der Waals surface area contributed by atoms with Gasteiger partial charge < -0.3 is 4.74 Å². The van der Waals surface area contributed by atoms with E-state index in [1.54, 1.807) is 6.07 Å². The molecule has 2 aromatic heterocycles. The van der Waals surface area contributed by atoms with Crippen molar-refractivity contribution in [2.45, 2.75) is 59.2 Å². The molecule has 5 heterocycles. The number of hydrogen-bond acceptors (Lipinski definition) is 2. The molecule has 0 radical (unpaired) electrons. The molecule has 1 saturated heterocycles. The quantitative estimate of drug-likeness (QED) is 0.118. The molecule has 3 aliphatic heterocycles. The second-order valence-corrected chi connectivity index (χ2v) is 19.4. The van der Waals surface area contributed by atoms with E-state index in [1.807, 2.05) is 24.4 Å². The first-order valence-corrected chi connectivity index (χ1v) is 21.9. The first-order valence-electron chi connectivity index (χ1n) is 23.4. The molecule has 0 N–H and O–H groups in total.